The van der Waals surface area contributed by atoms with Crippen molar-refractivity contribution in [3.63, 3.8) is 0 Å². The van der Waals surface area contributed by atoms with Crippen LogP contribution in [0.4, 0.5) is 0 Å². The van der Waals surface area contributed by atoms with Crippen LogP contribution in [0.5, 0.6) is 5.75 Å². The number of hydrogen-bond acceptors (Lipinski definition) is 3. The van der Waals surface area contributed by atoms with Gasteiger partial charge in [0.15, 0.2) is 0 Å². The molecule has 0 fully saturated rings. The molecule has 0 aromatic heterocycles. The van der Waals surface area contributed by atoms with Crippen molar-refractivity contribution >= 4 is 5.91 Å². The van der Waals surface area contributed by atoms with E-state index in [9.17, 15) is 9.90 Å². The van der Waals surface area contributed by atoms with Crippen molar-refractivity contribution in [2.45, 2.75) is 13.0 Å². The van der Waals surface area contributed by atoms with Crippen LogP contribution in [0.15, 0.2) is 48.5 Å². The second kappa shape index (κ2) is 6.21. The molecular weight excluding hydrogens is 252 g/mol. The standard InChI is InChI=1S/C16H18N2O2/c1-11-7-8-15(19)13(9-11)16(20)18-14(10-17)12-5-3-2-4-6-12/h2-9,14,19H,10,17H2,1H3,(H,18,20). The first-order chi connectivity index (χ1) is 9.61. The normalized spacial score (nSPS) is 11.9. The number of amides is 1. The molecule has 0 aliphatic rings. The zero-order valence-corrected chi connectivity index (χ0v) is 11.3. The summed E-state index contributed by atoms with van der Waals surface area (Å²) in [6.07, 6.45) is 0. The van der Waals surface area contributed by atoms with Crippen molar-refractivity contribution in [1.29, 1.82) is 0 Å². The molecule has 0 bridgehead atoms. The summed E-state index contributed by atoms with van der Waals surface area (Å²) >= 11 is 0. The highest BCUT2D eigenvalue weighted by atomic mass is 16.3. The Hall–Kier alpha value is -2.33. The minimum absolute atomic E-state index is 0.0306. The van der Waals surface area contributed by atoms with Crippen LogP contribution in [0.25, 0.3) is 0 Å². The van der Waals surface area contributed by atoms with E-state index in [1.54, 1.807) is 12.1 Å². The van der Waals surface area contributed by atoms with Gasteiger partial charge < -0.3 is 16.2 Å². The fourth-order valence-corrected chi connectivity index (χ4v) is 2.03. The fraction of sp³-hybridized carbons (Fsp3) is 0.188. The highest BCUT2D eigenvalue weighted by Crippen LogP contribution is 2.19. The molecule has 0 saturated carbocycles. The van der Waals surface area contributed by atoms with E-state index >= 15 is 0 Å². The number of hydrogen-bond donors (Lipinski definition) is 3. The Bertz CT molecular complexity index is 597. The molecule has 2 aromatic carbocycles. The average Bonchev–Trinajstić information content (AvgIpc) is 2.48. The van der Waals surface area contributed by atoms with E-state index in [1.807, 2.05) is 37.3 Å². The molecule has 20 heavy (non-hydrogen) atoms. The molecule has 2 aromatic rings. The molecule has 1 atom stereocenters. The van der Waals surface area contributed by atoms with Gasteiger partial charge in [-0.2, -0.15) is 0 Å². The summed E-state index contributed by atoms with van der Waals surface area (Å²) in [6.45, 7) is 2.16. The number of carbonyl (C=O) groups is 1. The largest absolute Gasteiger partial charge is 0.507 e. The smallest absolute Gasteiger partial charge is 0.255 e. The number of rotatable bonds is 4. The molecule has 0 aliphatic heterocycles. The predicted molar refractivity (Wildman–Crippen MR) is 78.5 cm³/mol. The van der Waals surface area contributed by atoms with E-state index in [2.05, 4.69) is 5.32 Å². The van der Waals surface area contributed by atoms with E-state index in [0.717, 1.165) is 11.1 Å². The summed E-state index contributed by atoms with van der Waals surface area (Å²) in [5, 5.41) is 12.6. The van der Waals surface area contributed by atoms with Gasteiger partial charge in [0, 0.05) is 6.54 Å². The molecule has 2 rings (SSSR count). The van der Waals surface area contributed by atoms with E-state index < -0.39 is 0 Å². The third-order valence-electron chi connectivity index (χ3n) is 3.14. The third-order valence-corrected chi connectivity index (χ3v) is 3.14. The average molecular weight is 270 g/mol. The monoisotopic (exact) mass is 270 g/mol. The number of carbonyl (C=O) groups excluding carboxylic acids is 1. The Kier molecular flexibility index (Phi) is 4.38. The van der Waals surface area contributed by atoms with Gasteiger partial charge in [0.1, 0.15) is 5.75 Å². The molecule has 0 radical (unpaired) electrons. The first-order valence-electron chi connectivity index (χ1n) is 6.47. The SMILES string of the molecule is Cc1ccc(O)c(C(=O)NC(CN)c2ccccc2)c1. The number of nitrogens with one attached hydrogen (secondary N) is 1. The molecule has 4 nitrogen and oxygen atoms in total. The summed E-state index contributed by atoms with van der Waals surface area (Å²) in [4.78, 5) is 12.2. The Balaban J connectivity index is 2.20. The highest BCUT2D eigenvalue weighted by Gasteiger charge is 2.16. The van der Waals surface area contributed by atoms with Gasteiger partial charge in [-0.05, 0) is 24.6 Å². The number of benzene rings is 2. The quantitative estimate of drug-likeness (QED) is 0.796. The van der Waals surface area contributed by atoms with Crippen molar-refractivity contribution in [3.8, 4) is 5.75 Å². The molecule has 0 heterocycles. The lowest BCUT2D eigenvalue weighted by molar-refractivity contribution is 0.0935. The minimum atomic E-state index is -0.328. The summed E-state index contributed by atoms with van der Waals surface area (Å²) < 4.78 is 0. The van der Waals surface area contributed by atoms with Gasteiger partial charge in [0.05, 0.1) is 11.6 Å². The maximum absolute atomic E-state index is 12.2. The van der Waals surface area contributed by atoms with Crippen molar-refractivity contribution in [2.24, 2.45) is 5.73 Å². The molecular formula is C16H18N2O2. The Morgan fingerprint density at radius 1 is 1.25 bits per heavy atom. The minimum Gasteiger partial charge on any atom is -0.507 e. The Morgan fingerprint density at radius 3 is 2.60 bits per heavy atom. The van der Waals surface area contributed by atoms with Crippen molar-refractivity contribution in [1.82, 2.24) is 5.32 Å². The van der Waals surface area contributed by atoms with Crippen LogP contribution in [0.2, 0.25) is 0 Å². The fourth-order valence-electron chi connectivity index (χ4n) is 2.03. The molecule has 4 heteroatoms. The topological polar surface area (TPSA) is 75.3 Å². The number of aryl methyl sites for hydroxylation is 1. The van der Waals surface area contributed by atoms with Crippen molar-refractivity contribution in [2.75, 3.05) is 6.54 Å². The summed E-state index contributed by atoms with van der Waals surface area (Å²) in [7, 11) is 0. The van der Waals surface area contributed by atoms with Crippen molar-refractivity contribution in [3.05, 3.63) is 65.2 Å². The number of phenolic OH excluding ortho intramolecular Hbond substituents is 1. The number of nitrogens with two attached hydrogens (primary N) is 1. The zero-order valence-electron chi connectivity index (χ0n) is 11.3. The molecule has 0 aliphatic carbocycles. The van der Waals surface area contributed by atoms with Gasteiger partial charge in [0.25, 0.3) is 5.91 Å². The predicted octanol–water partition coefficient (Wildman–Crippen LogP) is 2.13. The van der Waals surface area contributed by atoms with Crippen LogP contribution in [0.3, 0.4) is 0 Å². The van der Waals surface area contributed by atoms with Gasteiger partial charge >= 0.3 is 0 Å². The van der Waals surface area contributed by atoms with Crippen LogP contribution < -0.4 is 11.1 Å². The molecule has 1 amide bonds. The summed E-state index contributed by atoms with van der Waals surface area (Å²) in [5.74, 6) is -0.359. The van der Waals surface area contributed by atoms with Gasteiger partial charge in [-0.25, -0.2) is 0 Å². The summed E-state index contributed by atoms with van der Waals surface area (Å²) in [5.41, 5.74) is 7.84. The van der Waals surface area contributed by atoms with Crippen LogP contribution in [0.1, 0.15) is 27.5 Å². The lowest BCUT2D eigenvalue weighted by atomic mass is 10.1. The lowest BCUT2D eigenvalue weighted by Crippen LogP contribution is -2.33. The number of aromatic hydroxyl groups is 1. The second-order valence-corrected chi connectivity index (χ2v) is 4.69. The molecule has 0 saturated heterocycles. The number of phenols is 1. The first kappa shape index (κ1) is 14.1. The van der Waals surface area contributed by atoms with Gasteiger partial charge in [-0.3, -0.25) is 4.79 Å². The summed E-state index contributed by atoms with van der Waals surface area (Å²) in [6, 6.07) is 14.2. The Morgan fingerprint density at radius 2 is 1.95 bits per heavy atom. The highest BCUT2D eigenvalue weighted by molar-refractivity contribution is 5.97. The van der Waals surface area contributed by atoms with Crippen LogP contribution >= 0.6 is 0 Å². The lowest BCUT2D eigenvalue weighted by Gasteiger charge is -2.17. The van der Waals surface area contributed by atoms with Crippen molar-refractivity contribution < 1.29 is 9.90 Å². The molecule has 104 valence electrons. The van der Waals surface area contributed by atoms with Crippen LogP contribution in [0, 0.1) is 6.92 Å². The van der Waals surface area contributed by atoms with E-state index in [-0.39, 0.29) is 23.3 Å². The third kappa shape index (κ3) is 3.16. The molecule has 0 spiro atoms. The maximum Gasteiger partial charge on any atom is 0.255 e. The van der Waals surface area contributed by atoms with E-state index in [1.165, 1.54) is 6.07 Å². The van der Waals surface area contributed by atoms with Crippen LogP contribution in [-0.2, 0) is 0 Å². The van der Waals surface area contributed by atoms with Gasteiger partial charge in [0.2, 0.25) is 0 Å². The van der Waals surface area contributed by atoms with Crippen LogP contribution in [-0.4, -0.2) is 17.6 Å². The second-order valence-electron chi connectivity index (χ2n) is 4.69. The molecule has 1 unspecified atom stereocenters. The van der Waals surface area contributed by atoms with E-state index in [0.29, 0.717) is 6.54 Å². The first-order valence-corrected chi connectivity index (χ1v) is 6.47. The molecule has 4 N–H and O–H groups in total. The van der Waals surface area contributed by atoms with E-state index in [4.69, 9.17) is 5.73 Å². The van der Waals surface area contributed by atoms with Gasteiger partial charge in [-0.1, -0.05) is 42.0 Å². The maximum atomic E-state index is 12.2. The van der Waals surface area contributed by atoms with Gasteiger partial charge in [-0.15, -0.1) is 0 Å². The zero-order chi connectivity index (χ0) is 14.5. The Labute approximate surface area is 118 Å².